The summed E-state index contributed by atoms with van der Waals surface area (Å²) in [5.41, 5.74) is 6.07. The number of anilines is 2. The molecule has 38 heavy (non-hydrogen) atoms. The Morgan fingerprint density at radius 3 is 2.37 bits per heavy atom. The summed E-state index contributed by atoms with van der Waals surface area (Å²) < 4.78 is 0. The molecule has 7 heteroatoms. The van der Waals surface area contributed by atoms with Gasteiger partial charge in [-0.15, -0.1) is 0 Å². The summed E-state index contributed by atoms with van der Waals surface area (Å²) in [6.07, 6.45) is 6.49. The molecule has 2 saturated heterocycles. The van der Waals surface area contributed by atoms with Crippen molar-refractivity contribution in [3.05, 3.63) is 82.8 Å². The van der Waals surface area contributed by atoms with E-state index in [1.807, 2.05) is 48.4 Å². The molecule has 0 saturated carbocycles. The molecule has 2 aliphatic heterocycles. The molecule has 0 aliphatic carbocycles. The zero-order valence-electron chi connectivity index (χ0n) is 22.7. The van der Waals surface area contributed by atoms with Crippen LogP contribution < -0.4 is 10.2 Å². The first-order valence-electron chi connectivity index (χ1n) is 13.8. The van der Waals surface area contributed by atoms with Crippen LogP contribution in [0, 0.1) is 26.7 Å². The maximum Gasteiger partial charge on any atom is 0.254 e. The minimum atomic E-state index is -0.0180. The smallest absolute Gasteiger partial charge is 0.254 e. The molecular formula is C31H39N5O2. The molecule has 0 spiro atoms. The normalized spacial score (nSPS) is 20.4. The van der Waals surface area contributed by atoms with Crippen molar-refractivity contribution in [3.8, 4) is 0 Å². The number of nitrogens with one attached hydrogen (secondary N) is 1. The Bertz CT molecular complexity index is 1240. The van der Waals surface area contributed by atoms with Gasteiger partial charge in [0.2, 0.25) is 0 Å². The van der Waals surface area contributed by atoms with E-state index in [4.69, 9.17) is 0 Å². The second-order valence-electron chi connectivity index (χ2n) is 10.8. The monoisotopic (exact) mass is 513 g/mol. The highest BCUT2D eigenvalue weighted by Crippen LogP contribution is 2.35. The van der Waals surface area contributed by atoms with Crippen LogP contribution in [0.25, 0.3) is 0 Å². The molecule has 200 valence electrons. The Labute approximate surface area is 225 Å². The van der Waals surface area contributed by atoms with Crippen molar-refractivity contribution < 1.29 is 9.90 Å². The van der Waals surface area contributed by atoms with E-state index in [1.165, 1.54) is 5.56 Å². The molecule has 5 rings (SSSR count). The number of amides is 1. The van der Waals surface area contributed by atoms with Gasteiger partial charge in [0.1, 0.15) is 5.82 Å². The number of carbonyl (C=O) groups is 1. The maximum absolute atomic E-state index is 13.9. The van der Waals surface area contributed by atoms with Crippen LogP contribution in [0.3, 0.4) is 0 Å². The first kappa shape index (κ1) is 26.2. The summed E-state index contributed by atoms with van der Waals surface area (Å²) in [4.78, 5) is 27.2. The quantitative estimate of drug-likeness (QED) is 0.496. The van der Waals surface area contributed by atoms with Crippen molar-refractivity contribution in [3.63, 3.8) is 0 Å². The number of rotatable bonds is 6. The third-order valence-corrected chi connectivity index (χ3v) is 8.33. The number of hydrogen-bond donors (Lipinski definition) is 2. The largest absolute Gasteiger partial charge is 0.396 e. The number of aromatic nitrogens is 2. The highest BCUT2D eigenvalue weighted by atomic mass is 16.3. The van der Waals surface area contributed by atoms with Crippen LogP contribution in [0.15, 0.2) is 54.9 Å². The van der Waals surface area contributed by atoms with Crippen molar-refractivity contribution in [1.82, 2.24) is 14.9 Å². The van der Waals surface area contributed by atoms with Crippen LogP contribution in [-0.4, -0.2) is 64.7 Å². The second kappa shape index (κ2) is 11.5. The van der Waals surface area contributed by atoms with E-state index < -0.39 is 0 Å². The summed E-state index contributed by atoms with van der Waals surface area (Å²) in [6.45, 7) is 9.39. The fourth-order valence-electron chi connectivity index (χ4n) is 6.28. The Hall–Kier alpha value is -3.45. The highest BCUT2D eigenvalue weighted by Gasteiger charge is 2.34. The average Bonchev–Trinajstić information content (AvgIpc) is 2.96. The Balaban J connectivity index is 1.30. The van der Waals surface area contributed by atoms with Gasteiger partial charge >= 0.3 is 0 Å². The van der Waals surface area contributed by atoms with Gasteiger partial charge in [-0.3, -0.25) is 9.78 Å². The molecule has 7 nitrogen and oxygen atoms in total. The third-order valence-electron chi connectivity index (χ3n) is 8.33. The molecule has 1 aromatic carbocycles. The Morgan fingerprint density at radius 2 is 1.71 bits per heavy atom. The first-order chi connectivity index (χ1) is 18.5. The van der Waals surface area contributed by atoms with Gasteiger partial charge in [0.25, 0.3) is 5.91 Å². The molecule has 2 N–H and O–H groups in total. The van der Waals surface area contributed by atoms with Gasteiger partial charge in [0.15, 0.2) is 0 Å². The summed E-state index contributed by atoms with van der Waals surface area (Å²) >= 11 is 0. The molecule has 3 aromatic rings. The number of pyridine rings is 2. The number of likely N-dealkylation sites (tertiary alicyclic amines) is 1. The molecule has 2 fully saturated rings. The number of aliphatic hydroxyl groups excluding tert-OH is 1. The maximum atomic E-state index is 13.9. The lowest BCUT2D eigenvalue weighted by atomic mass is 9.82. The van der Waals surface area contributed by atoms with E-state index in [1.54, 1.807) is 6.20 Å². The number of hydrogen-bond acceptors (Lipinski definition) is 6. The zero-order chi connectivity index (χ0) is 26.6. The standard InChI is InChI=1S/C31H39N5O2/c1-21-18-22(2)30(34-25-10-15-35(16-11-25)28-9-5-7-14-33-28)23(3)29(21)31(38)36-17-12-26(24(19-36)20-37)27-8-4-6-13-32-27/h4-9,13-14,18,24-26,34,37H,10-12,15-17,19-20H2,1-3H3/t24-,26?/m0/s1. The van der Waals surface area contributed by atoms with Crippen molar-refractivity contribution in [1.29, 1.82) is 0 Å². The lowest BCUT2D eigenvalue weighted by Crippen LogP contribution is -2.45. The number of carbonyl (C=O) groups excluding carboxylic acids is 1. The lowest BCUT2D eigenvalue weighted by Gasteiger charge is -2.38. The van der Waals surface area contributed by atoms with Crippen molar-refractivity contribution >= 4 is 17.4 Å². The summed E-state index contributed by atoms with van der Waals surface area (Å²) in [7, 11) is 0. The molecule has 1 unspecified atom stereocenters. The molecule has 4 heterocycles. The number of benzene rings is 1. The molecule has 0 radical (unpaired) electrons. The zero-order valence-corrected chi connectivity index (χ0v) is 22.7. The van der Waals surface area contributed by atoms with Crippen LogP contribution in [0.2, 0.25) is 0 Å². The fraction of sp³-hybridized carbons (Fsp3) is 0.452. The number of aliphatic hydroxyl groups is 1. The predicted octanol–water partition coefficient (Wildman–Crippen LogP) is 4.72. The summed E-state index contributed by atoms with van der Waals surface area (Å²) in [6, 6.07) is 14.5. The molecule has 1 amide bonds. The van der Waals surface area contributed by atoms with Crippen LogP contribution in [0.4, 0.5) is 11.5 Å². The van der Waals surface area contributed by atoms with Crippen LogP contribution in [-0.2, 0) is 0 Å². The highest BCUT2D eigenvalue weighted by molar-refractivity contribution is 5.99. The summed E-state index contributed by atoms with van der Waals surface area (Å²) in [5, 5.41) is 14.0. The third kappa shape index (κ3) is 5.39. The van der Waals surface area contributed by atoms with E-state index in [9.17, 15) is 9.90 Å². The van der Waals surface area contributed by atoms with Gasteiger partial charge in [-0.25, -0.2) is 4.98 Å². The number of aryl methyl sites for hydroxylation is 2. The van der Waals surface area contributed by atoms with E-state index >= 15 is 0 Å². The lowest BCUT2D eigenvalue weighted by molar-refractivity contribution is 0.0573. The van der Waals surface area contributed by atoms with Crippen LogP contribution in [0.1, 0.15) is 57.9 Å². The molecule has 2 aromatic heterocycles. The molecule has 2 aliphatic rings. The van der Waals surface area contributed by atoms with E-state index in [2.05, 4.69) is 46.2 Å². The molecular weight excluding hydrogens is 474 g/mol. The second-order valence-corrected chi connectivity index (χ2v) is 10.8. The van der Waals surface area contributed by atoms with E-state index in [-0.39, 0.29) is 24.3 Å². The Morgan fingerprint density at radius 1 is 0.974 bits per heavy atom. The van der Waals surface area contributed by atoms with E-state index in [0.29, 0.717) is 19.1 Å². The van der Waals surface area contributed by atoms with Gasteiger partial charge in [-0.05, 0) is 81.0 Å². The SMILES string of the molecule is Cc1cc(C)c(C(=O)N2CCC(c3ccccn3)[C@H](CO)C2)c(C)c1NC1CCN(c2ccccn2)CC1. The Kier molecular flexibility index (Phi) is 7.93. The van der Waals surface area contributed by atoms with Gasteiger partial charge < -0.3 is 20.2 Å². The van der Waals surface area contributed by atoms with Gasteiger partial charge in [-0.1, -0.05) is 18.2 Å². The first-order valence-corrected chi connectivity index (χ1v) is 13.8. The molecule has 0 bridgehead atoms. The molecule has 2 atom stereocenters. The minimum Gasteiger partial charge on any atom is -0.396 e. The van der Waals surface area contributed by atoms with E-state index in [0.717, 1.165) is 66.2 Å². The topological polar surface area (TPSA) is 81.6 Å². The van der Waals surface area contributed by atoms with Gasteiger partial charge in [0.05, 0.1) is 0 Å². The minimum absolute atomic E-state index is 0.0180. The number of piperidine rings is 2. The predicted molar refractivity (Wildman–Crippen MR) is 152 cm³/mol. The van der Waals surface area contributed by atoms with Crippen LogP contribution >= 0.6 is 0 Å². The van der Waals surface area contributed by atoms with Crippen molar-refractivity contribution in [2.75, 3.05) is 43.0 Å². The van der Waals surface area contributed by atoms with Gasteiger partial charge in [0, 0.05) is 80.0 Å². The van der Waals surface area contributed by atoms with Crippen molar-refractivity contribution in [2.24, 2.45) is 5.92 Å². The van der Waals surface area contributed by atoms with Crippen LogP contribution in [0.5, 0.6) is 0 Å². The fourth-order valence-corrected chi connectivity index (χ4v) is 6.28. The average molecular weight is 514 g/mol. The number of nitrogens with zero attached hydrogens (tertiary/aromatic N) is 4. The van der Waals surface area contributed by atoms with Gasteiger partial charge in [-0.2, -0.15) is 0 Å². The summed E-state index contributed by atoms with van der Waals surface area (Å²) in [5.74, 6) is 1.25. The van der Waals surface area contributed by atoms with Crippen molar-refractivity contribution in [2.45, 2.75) is 52.0 Å².